The zero-order valence-corrected chi connectivity index (χ0v) is 29.0. The summed E-state index contributed by atoms with van der Waals surface area (Å²) in [6.45, 7) is -11.2. The largest absolute Gasteiger partial charge is 0.435 e. The highest BCUT2D eigenvalue weighted by molar-refractivity contribution is 5.07. The Morgan fingerprint density at radius 3 is 0.746 bits per heavy atom. The lowest BCUT2D eigenvalue weighted by Crippen LogP contribution is -2.71. The van der Waals surface area contributed by atoms with Gasteiger partial charge in [-0.05, 0) is 40.5 Å². The molecule has 1 heterocycles. The molecule has 1 aliphatic rings. The molecule has 0 aromatic carbocycles. The van der Waals surface area contributed by atoms with Crippen LogP contribution in [0.4, 0.5) is 119 Å². The van der Waals surface area contributed by atoms with Crippen molar-refractivity contribution >= 4 is 0 Å². The molecule has 1 radical (unpaired) electrons. The fourth-order valence-corrected chi connectivity index (χ4v) is 5.80. The molecule has 0 aromatic heterocycles. The molecule has 0 aromatic rings. The van der Waals surface area contributed by atoms with Crippen molar-refractivity contribution in [2.24, 2.45) is 5.41 Å². The van der Waals surface area contributed by atoms with Gasteiger partial charge in [0.15, 0.2) is 0 Å². The third-order valence-electron chi connectivity index (χ3n) is 8.56. The number of alkyl halides is 27. The molecule has 0 unspecified atom stereocenters. The number of ether oxygens (including phenoxy) is 4. The van der Waals surface area contributed by atoms with Crippen LogP contribution in [0, 0.1) is 5.41 Å². The minimum atomic E-state index is -8.06. The van der Waals surface area contributed by atoms with Crippen LogP contribution in [-0.2, 0) is 24.2 Å². The van der Waals surface area contributed by atoms with Gasteiger partial charge in [0.05, 0.1) is 37.9 Å². The number of hydroxylamine groups is 2. The number of halogens is 27. The van der Waals surface area contributed by atoms with E-state index in [4.69, 9.17) is 4.74 Å². The van der Waals surface area contributed by atoms with Gasteiger partial charge >= 0.3 is 72.4 Å². The van der Waals surface area contributed by atoms with Gasteiger partial charge in [-0.1, -0.05) is 0 Å². The van der Waals surface area contributed by atoms with E-state index >= 15 is 0 Å². The van der Waals surface area contributed by atoms with Crippen molar-refractivity contribution in [1.29, 1.82) is 0 Å². The Kier molecular flexibility index (Phi) is 14.5. The van der Waals surface area contributed by atoms with Gasteiger partial charge in [0.1, 0.15) is 0 Å². The average Bonchev–Trinajstić information content (AvgIpc) is 2.88. The Hall–Kier alpha value is -2.13. The standard InChI is InChI=1S/C26H25F27NO5/c1-12(2)5-11(6-13(3,4)54(12)55)56-7-14(8-57-15(18(27,28)29,19(30,31)32)20(33,34)35,9-58-16(21(36,37)38,22(39,40)41)23(42,43)44)10-59-17(24(45,46)47,25(48,49)50)26(51,52)53/h11H,5-10H2,1-4H3. The van der Waals surface area contributed by atoms with Crippen molar-refractivity contribution in [1.82, 2.24) is 5.06 Å². The summed E-state index contributed by atoms with van der Waals surface area (Å²) < 4.78 is 384. The minimum Gasteiger partial charge on any atom is -0.377 e. The predicted molar refractivity (Wildman–Crippen MR) is 133 cm³/mol. The Balaban J connectivity index is 4.54. The van der Waals surface area contributed by atoms with Gasteiger partial charge in [0, 0.05) is 11.1 Å². The molecule has 0 N–H and O–H groups in total. The van der Waals surface area contributed by atoms with Gasteiger partial charge in [-0.2, -0.15) is 119 Å². The molecular formula is C26H25F27NO5. The van der Waals surface area contributed by atoms with Crippen LogP contribution in [0.15, 0.2) is 0 Å². The smallest absolute Gasteiger partial charge is 0.377 e. The molecule has 353 valence electrons. The zero-order chi connectivity index (χ0) is 47.7. The molecule has 0 spiro atoms. The number of nitrogens with zero attached hydrogens (tertiary/aromatic N) is 1. The minimum absolute atomic E-state index is 0.168. The van der Waals surface area contributed by atoms with Gasteiger partial charge in [-0.15, -0.1) is 10.3 Å². The molecule has 59 heavy (non-hydrogen) atoms. The molecule has 0 amide bonds. The second kappa shape index (κ2) is 15.6. The van der Waals surface area contributed by atoms with E-state index in [1.807, 2.05) is 0 Å². The molecule has 1 saturated heterocycles. The maximum absolute atomic E-state index is 13.7. The van der Waals surface area contributed by atoms with E-state index in [1.165, 1.54) is 0 Å². The molecule has 1 fully saturated rings. The summed E-state index contributed by atoms with van der Waals surface area (Å²) in [5, 5.41) is 12.8. The average molecular weight is 944 g/mol. The molecule has 33 heteroatoms. The highest BCUT2D eigenvalue weighted by Gasteiger charge is 2.88. The van der Waals surface area contributed by atoms with E-state index in [9.17, 15) is 124 Å². The van der Waals surface area contributed by atoms with Crippen LogP contribution in [0.5, 0.6) is 0 Å². The Labute approximate surface area is 310 Å². The predicted octanol–water partition coefficient (Wildman–Crippen LogP) is 10.7. The fraction of sp³-hybridized carbons (Fsp3) is 1.00. The van der Waals surface area contributed by atoms with Gasteiger partial charge in [0.2, 0.25) is 0 Å². The van der Waals surface area contributed by atoms with E-state index in [0.29, 0.717) is 0 Å². The molecule has 0 bridgehead atoms. The topological polar surface area (TPSA) is 60.1 Å². The first-order chi connectivity index (χ1) is 25.3. The van der Waals surface area contributed by atoms with Crippen molar-refractivity contribution in [3.8, 4) is 0 Å². The maximum atomic E-state index is 13.7. The third-order valence-corrected chi connectivity index (χ3v) is 8.56. The van der Waals surface area contributed by atoms with Crippen LogP contribution in [0.3, 0.4) is 0 Å². The monoisotopic (exact) mass is 944 g/mol. The van der Waals surface area contributed by atoms with E-state index in [-0.39, 0.29) is 5.06 Å². The second-order valence-corrected chi connectivity index (χ2v) is 14.1. The van der Waals surface area contributed by atoms with Gasteiger partial charge in [0.25, 0.3) is 0 Å². The zero-order valence-electron chi connectivity index (χ0n) is 29.0. The van der Waals surface area contributed by atoms with E-state index < -0.39 is 134 Å². The van der Waals surface area contributed by atoms with Gasteiger partial charge in [-0.3, -0.25) is 0 Å². The number of hydrogen-bond acceptors (Lipinski definition) is 5. The lowest BCUT2D eigenvalue weighted by Gasteiger charge is -2.50. The van der Waals surface area contributed by atoms with Crippen LogP contribution in [-0.4, -0.2) is 121 Å². The van der Waals surface area contributed by atoms with Crippen molar-refractivity contribution in [2.45, 2.75) is 130 Å². The molecule has 1 aliphatic heterocycles. The first-order valence-corrected chi connectivity index (χ1v) is 14.9. The summed E-state index contributed by atoms with van der Waals surface area (Å²) >= 11 is 0. The van der Waals surface area contributed by atoms with Crippen molar-refractivity contribution < 1.29 is 143 Å². The first-order valence-electron chi connectivity index (χ1n) is 14.9. The SMILES string of the molecule is CC1(C)CC(OCC(COC(C(F)(F)F)(C(F)(F)F)C(F)(F)F)(COC(C(F)(F)F)(C(F)(F)F)C(F)(F)F)COC(C(F)(F)F)(C(F)(F)F)C(F)(F)F)CC(C)(C)N1[O]. The highest BCUT2D eigenvalue weighted by atomic mass is 19.5. The fourth-order valence-electron chi connectivity index (χ4n) is 5.80. The molecule has 0 atom stereocenters. The molecule has 6 nitrogen and oxygen atoms in total. The quantitative estimate of drug-likeness (QED) is 0.183. The number of rotatable bonds is 12. The summed E-state index contributed by atoms with van der Waals surface area (Å²) in [5.74, 6) is 0. The maximum Gasteiger partial charge on any atom is 0.435 e. The summed E-state index contributed by atoms with van der Waals surface area (Å²) in [4.78, 5) is 0. The normalized spacial score (nSPS) is 19.7. The van der Waals surface area contributed by atoms with E-state index in [0.717, 1.165) is 27.7 Å². The summed E-state index contributed by atoms with van der Waals surface area (Å²) in [6, 6.07) is 0. The van der Waals surface area contributed by atoms with E-state index in [1.54, 1.807) is 0 Å². The second-order valence-electron chi connectivity index (χ2n) is 14.1. The number of hydrogen-bond donors (Lipinski definition) is 0. The Bertz CT molecular complexity index is 1150. The van der Waals surface area contributed by atoms with Crippen LogP contribution < -0.4 is 0 Å². The first kappa shape index (κ1) is 54.9. The van der Waals surface area contributed by atoms with Gasteiger partial charge < -0.3 is 18.9 Å². The summed E-state index contributed by atoms with van der Waals surface area (Å²) in [5.41, 5.74) is -32.8. The summed E-state index contributed by atoms with van der Waals surface area (Å²) in [7, 11) is 0. The van der Waals surface area contributed by atoms with Crippen LogP contribution >= 0.6 is 0 Å². The van der Waals surface area contributed by atoms with Crippen LogP contribution in [0.25, 0.3) is 0 Å². The molecule has 1 rings (SSSR count). The van der Waals surface area contributed by atoms with Crippen LogP contribution in [0.2, 0.25) is 0 Å². The van der Waals surface area contributed by atoms with Crippen LogP contribution in [0.1, 0.15) is 40.5 Å². The van der Waals surface area contributed by atoms with Crippen molar-refractivity contribution in [3.05, 3.63) is 0 Å². The highest BCUT2D eigenvalue weighted by Crippen LogP contribution is 2.59. The Morgan fingerprint density at radius 2 is 0.576 bits per heavy atom. The molecule has 0 aliphatic carbocycles. The molecule has 0 saturated carbocycles. The van der Waals surface area contributed by atoms with Crippen molar-refractivity contribution in [2.75, 3.05) is 26.4 Å². The summed E-state index contributed by atoms with van der Waals surface area (Å²) in [6.07, 6.45) is -76.6. The van der Waals surface area contributed by atoms with Crippen molar-refractivity contribution in [3.63, 3.8) is 0 Å². The Morgan fingerprint density at radius 1 is 0.390 bits per heavy atom. The lowest BCUT2D eigenvalue weighted by atomic mass is 9.80. The van der Waals surface area contributed by atoms with Gasteiger partial charge in [-0.25, -0.2) is 0 Å². The van der Waals surface area contributed by atoms with E-state index in [2.05, 4.69) is 14.2 Å². The third kappa shape index (κ3) is 9.92. The number of piperidine rings is 1. The lowest BCUT2D eigenvalue weighted by molar-refractivity contribution is -0.474. The molecular weight excluding hydrogens is 919 g/mol.